The topological polar surface area (TPSA) is 0 Å². The van der Waals surface area contributed by atoms with Crippen molar-refractivity contribution in [1.82, 2.24) is 0 Å². The van der Waals surface area contributed by atoms with Crippen molar-refractivity contribution in [3.05, 3.63) is 0 Å². The van der Waals surface area contributed by atoms with Gasteiger partial charge in [0, 0.05) is 0 Å². The normalized spacial score (nSPS) is 50.7. The molecule has 2 fully saturated rings. The fourth-order valence-corrected chi connectivity index (χ4v) is 3.29. The highest BCUT2D eigenvalue weighted by atomic mass is 14.4. The summed E-state index contributed by atoms with van der Waals surface area (Å²) in [6.07, 6.45) is 7.63. The van der Waals surface area contributed by atoms with Crippen LogP contribution in [-0.2, 0) is 0 Å². The fourth-order valence-electron chi connectivity index (χ4n) is 3.29. The summed E-state index contributed by atoms with van der Waals surface area (Å²) >= 11 is 0. The molecule has 0 aromatic carbocycles. The van der Waals surface area contributed by atoms with E-state index in [1.165, 1.54) is 32.1 Å². The highest BCUT2D eigenvalue weighted by molar-refractivity contribution is 4.87. The van der Waals surface area contributed by atoms with Crippen LogP contribution in [0.5, 0.6) is 0 Å². The molecule has 0 aromatic heterocycles. The molecule has 11 heavy (non-hydrogen) atoms. The van der Waals surface area contributed by atoms with E-state index < -0.39 is 0 Å². The zero-order valence-electron chi connectivity index (χ0n) is 7.84. The fraction of sp³-hybridized carbons (Fsp3) is 1.00. The Bertz CT molecular complexity index is 139. The van der Waals surface area contributed by atoms with E-state index in [1.807, 2.05) is 0 Å². The second-order valence-electron chi connectivity index (χ2n) is 4.90. The first-order valence-electron chi connectivity index (χ1n) is 5.27. The lowest BCUT2D eigenvalue weighted by Crippen LogP contribution is -2.21. The van der Waals surface area contributed by atoms with Gasteiger partial charge in [-0.25, -0.2) is 0 Å². The Morgan fingerprint density at radius 2 is 1.73 bits per heavy atom. The summed E-state index contributed by atoms with van der Waals surface area (Å²) in [5.74, 6) is 4.31. The SMILES string of the molecule is CC1CCC2C(C)CCC2C1. The summed E-state index contributed by atoms with van der Waals surface area (Å²) in [7, 11) is 0. The third-order valence-corrected chi connectivity index (χ3v) is 4.03. The monoisotopic (exact) mass is 152 g/mol. The van der Waals surface area contributed by atoms with Crippen molar-refractivity contribution in [3.8, 4) is 0 Å². The summed E-state index contributed by atoms with van der Waals surface area (Å²) in [6.45, 7) is 4.89. The van der Waals surface area contributed by atoms with Crippen molar-refractivity contribution in [2.45, 2.75) is 46.0 Å². The second kappa shape index (κ2) is 2.80. The van der Waals surface area contributed by atoms with Gasteiger partial charge in [0.15, 0.2) is 0 Å². The molecule has 2 saturated carbocycles. The molecule has 0 heteroatoms. The minimum absolute atomic E-state index is 1.03. The van der Waals surface area contributed by atoms with Gasteiger partial charge < -0.3 is 0 Å². The Hall–Kier alpha value is 0. The van der Waals surface area contributed by atoms with Crippen molar-refractivity contribution in [2.24, 2.45) is 23.7 Å². The molecule has 0 bridgehead atoms. The first-order chi connectivity index (χ1) is 5.27. The van der Waals surface area contributed by atoms with E-state index >= 15 is 0 Å². The Morgan fingerprint density at radius 3 is 2.55 bits per heavy atom. The largest absolute Gasteiger partial charge is 0.0625 e. The van der Waals surface area contributed by atoms with Crippen molar-refractivity contribution in [2.75, 3.05) is 0 Å². The summed E-state index contributed by atoms with van der Waals surface area (Å²) in [4.78, 5) is 0. The van der Waals surface area contributed by atoms with Crippen LogP contribution in [0.25, 0.3) is 0 Å². The van der Waals surface area contributed by atoms with Crippen LogP contribution in [-0.4, -0.2) is 0 Å². The van der Waals surface area contributed by atoms with Gasteiger partial charge in [-0.2, -0.15) is 0 Å². The van der Waals surface area contributed by atoms with E-state index in [1.54, 1.807) is 0 Å². The Labute approximate surface area is 70.4 Å². The van der Waals surface area contributed by atoms with Crippen LogP contribution >= 0.6 is 0 Å². The molecule has 0 nitrogen and oxygen atoms in total. The Balaban J connectivity index is 2.00. The first-order valence-corrected chi connectivity index (χ1v) is 5.27. The molecule has 4 atom stereocenters. The molecule has 2 rings (SSSR count). The molecule has 2 aliphatic carbocycles. The van der Waals surface area contributed by atoms with Crippen molar-refractivity contribution >= 4 is 0 Å². The molecule has 64 valence electrons. The molecule has 0 N–H and O–H groups in total. The molecule has 0 spiro atoms. The molecule has 0 amide bonds. The van der Waals surface area contributed by atoms with E-state index in [0.29, 0.717) is 0 Å². The zero-order chi connectivity index (χ0) is 7.84. The summed E-state index contributed by atoms with van der Waals surface area (Å²) in [5.41, 5.74) is 0. The molecule has 0 heterocycles. The Kier molecular flexibility index (Phi) is 1.95. The minimum atomic E-state index is 1.03. The quantitative estimate of drug-likeness (QED) is 0.498. The highest BCUT2D eigenvalue weighted by Crippen LogP contribution is 2.47. The van der Waals surface area contributed by atoms with Gasteiger partial charge in [0.1, 0.15) is 0 Å². The molecule has 0 saturated heterocycles. The first kappa shape index (κ1) is 7.64. The van der Waals surface area contributed by atoms with E-state index in [4.69, 9.17) is 0 Å². The smallest absolute Gasteiger partial charge is 0.0360 e. The van der Waals surface area contributed by atoms with Gasteiger partial charge >= 0.3 is 0 Å². The summed E-state index contributed by atoms with van der Waals surface area (Å²) < 4.78 is 0. The molecular formula is C11H20. The van der Waals surface area contributed by atoms with Gasteiger partial charge in [0.2, 0.25) is 0 Å². The predicted octanol–water partition coefficient (Wildman–Crippen LogP) is 3.47. The van der Waals surface area contributed by atoms with Gasteiger partial charge in [0.25, 0.3) is 0 Å². The van der Waals surface area contributed by atoms with Crippen LogP contribution in [0.4, 0.5) is 0 Å². The number of fused-ring (bicyclic) bond motifs is 1. The zero-order valence-corrected chi connectivity index (χ0v) is 7.84. The molecular weight excluding hydrogens is 132 g/mol. The lowest BCUT2D eigenvalue weighted by atomic mass is 9.74. The molecule has 2 aliphatic rings. The van der Waals surface area contributed by atoms with Crippen molar-refractivity contribution < 1.29 is 0 Å². The van der Waals surface area contributed by atoms with Gasteiger partial charge in [-0.3, -0.25) is 0 Å². The van der Waals surface area contributed by atoms with Crippen LogP contribution in [0.15, 0.2) is 0 Å². The number of hydrogen-bond donors (Lipinski definition) is 0. The van der Waals surface area contributed by atoms with Crippen LogP contribution in [0.2, 0.25) is 0 Å². The predicted molar refractivity (Wildman–Crippen MR) is 48.4 cm³/mol. The average Bonchev–Trinajstić information content (AvgIpc) is 2.32. The van der Waals surface area contributed by atoms with Gasteiger partial charge in [-0.1, -0.05) is 26.7 Å². The van der Waals surface area contributed by atoms with Crippen LogP contribution in [0.1, 0.15) is 46.0 Å². The standard InChI is InChI=1S/C11H20/c1-8-3-6-11-9(2)4-5-10(11)7-8/h8-11H,3-7H2,1-2H3. The van der Waals surface area contributed by atoms with E-state index in [-0.39, 0.29) is 0 Å². The Morgan fingerprint density at radius 1 is 0.909 bits per heavy atom. The molecule has 4 unspecified atom stereocenters. The summed E-state index contributed by atoms with van der Waals surface area (Å²) in [6, 6.07) is 0. The van der Waals surface area contributed by atoms with E-state index in [9.17, 15) is 0 Å². The average molecular weight is 152 g/mol. The van der Waals surface area contributed by atoms with Gasteiger partial charge in [-0.15, -0.1) is 0 Å². The molecule has 0 aromatic rings. The lowest BCUT2D eigenvalue weighted by Gasteiger charge is -2.31. The molecule has 0 radical (unpaired) electrons. The third kappa shape index (κ3) is 1.32. The third-order valence-electron chi connectivity index (χ3n) is 4.03. The number of hydrogen-bond acceptors (Lipinski definition) is 0. The van der Waals surface area contributed by atoms with Crippen LogP contribution in [0, 0.1) is 23.7 Å². The second-order valence-corrected chi connectivity index (χ2v) is 4.90. The van der Waals surface area contributed by atoms with E-state index in [0.717, 1.165) is 23.7 Å². The van der Waals surface area contributed by atoms with Crippen LogP contribution in [0.3, 0.4) is 0 Å². The minimum Gasteiger partial charge on any atom is -0.0625 e. The molecule has 0 aliphatic heterocycles. The maximum atomic E-state index is 2.46. The lowest BCUT2D eigenvalue weighted by molar-refractivity contribution is 0.192. The van der Waals surface area contributed by atoms with Crippen molar-refractivity contribution in [1.29, 1.82) is 0 Å². The maximum absolute atomic E-state index is 2.46. The van der Waals surface area contributed by atoms with Crippen molar-refractivity contribution in [3.63, 3.8) is 0 Å². The number of rotatable bonds is 0. The van der Waals surface area contributed by atoms with Gasteiger partial charge in [0.05, 0.1) is 0 Å². The van der Waals surface area contributed by atoms with E-state index in [2.05, 4.69) is 13.8 Å². The van der Waals surface area contributed by atoms with Crippen LogP contribution < -0.4 is 0 Å². The van der Waals surface area contributed by atoms with Gasteiger partial charge in [-0.05, 0) is 42.9 Å². The highest BCUT2D eigenvalue weighted by Gasteiger charge is 2.36. The summed E-state index contributed by atoms with van der Waals surface area (Å²) in [5, 5.41) is 0. The maximum Gasteiger partial charge on any atom is -0.0360 e.